The minimum Gasteiger partial charge on any atom is -0.487 e. The van der Waals surface area contributed by atoms with Crippen molar-refractivity contribution in [2.45, 2.75) is 63.7 Å². The van der Waals surface area contributed by atoms with Crippen LogP contribution in [0.4, 0.5) is 4.79 Å². The summed E-state index contributed by atoms with van der Waals surface area (Å²) in [6.07, 6.45) is 3.53. The normalized spacial score (nSPS) is 26.1. The average Bonchev–Trinajstić information content (AvgIpc) is 2.94. The van der Waals surface area contributed by atoms with Crippen molar-refractivity contribution in [3.8, 4) is 5.75 Å². The van der Waals surface area contributed by atoms with E-state index in [2.05, 4.69) is 10.2 Å². The Balaban J connectivity index is 1.43. The maximum Gasteiger partial charge on any atom is 0.325 e. The third-order valence-corrected chi connectivity index (χ3v) is 6.68. The molecule has 1 atom stereocenters. The molecule has 7 nitrogen and oxygen atoms in total. The minimum absolute atomic E-state index is 0.215. The molecule has 1 aromatic carbocycles. The van der Waals surface area contributed by atoms with Gasteiger partial charge in [-0.15, -0.1) is 0 Å². The van der Waals surface area contributed by atoms with Crippen molar-refractivity contribution >= 4 is 23.5 Å². The Labute approximate surface area is 189 Å². The molecular formula is C23H32ClN3O4. The van der Waals surface area contributed by atoms with Crippen LogP contribution in [0.1, 0.15) is 52.0 Å². The van der Waals surface area contributed by atoms with Crippen LogP contribution in [0.15, 0.2) is 18.2 Å². The predicted octanol–water partition coefficient (Wildman–Crippen LogP) is 3.54. The highest BCUT2D eigenvalue weighted by Crippen LogP contribution is 2.47. The third kappa shape index (κ3) is 4.41. The predicted molar refractivity (Wildman–Crippen MR) is 118 cm³/mol. The number of amides is 3. The molecular weight excluding hydrogens is 418 g/mol. The number of piperidine rings is 1. The van der Waals surface area contributed by atoms with Crippen molar-refractivity contribution in [3.05, 3.63) is 28.8 Å². The van der Waals surface area contributed by atoms with Crippen molar-refractivity contribution in [1.29, 1.82) is 0 Å². The monoisotopic (exact) mass is 449 g/mol. The van der Waals surface area contributed by atoms with E-state index in [1.54, 1.807) is 18.2 Å². The van der Waals surface area contributed by atoms with Crippen LogP contribution in [0.2, 0.25) is 5.02 Å². The summed E-state index contributed by atoms with van der Waals surface area (Å²) >= 11 is 6.22. The Kier molecular flexibility index (Phi) is 6.21. The molecule has 1 aromatic rings. The number of nitrogens with zero attached hydrogens (tertiary/aromatic N) is 2. The van der Waals surface area contributed by atoms with E-state index in [1.165, 1.54) is 4.90 Å². The number of benzene rings is 1. The lowest BCUT2D eigenvalue weighted by molar-refractivity contribution is -0.134. The minimum atomic E-state index is -1.13. The summed E-state index contributed by atoms with van der Waals surface area (Å²) in [6, 6.07) is 4.90. The van der Waals surface area contributed by atoms with E-state index in [4.69, 9.17) is 21.1 Å². The Morgan fingerprint density at radius 2 is 1.97 bits per heavy atom. The highest BCUT2D eigenvalue weighted by atomic mass is 35.5. The van der Waals surface area contributed by atoms with Crippen LogP contribution in [-0.2, 0) is 15.1 Å². The SMILES string of the molecule is CCOC1CCN(CCCN2C(=O)NC3(CC(C)(C)Oc4ccc(Cl)cc43)C2=O)CC1. The summed E-state index contributed by atoms with van der Waals surface area (Å²) < 4.78 is 11.8. The van der Waals surface area contributed by atoms with Crippen molar-refractivity contribution in [2.75, 3.05) is 32.8 Å². The Morgan fingerprint density at radius 3 is 2.68 bits per heavy atom. The number of carbonyl (C=O) groups excluding carboxylic acids is 2. The maximum atomic E-state index is 13.6. The highest BCUT2D eigenvalue weighted by molar-refractivity contribution is 6.30. The summed E-state index contributed by atoms with van der Waals surface area (Å²) in [4.78, 5) is 30.2. The molecule has 31 heavy (non-hydrogen) atoms. The Bertz CT molecular complexity index is 853. The van der Waals surface area contributed by atoms with Gasteiger partial charge in [-0.05, 0) is 64.8 Å². The van der Waals surface area contributed by atoms with E-state index in [0.29, 0.717) is 35.4 Å². The maximum absolute atomic E-state index is 13.6. The second-order valence-electron chi connectivity index (χ2n) is 9.32. The number of halogens is 1. The van der Waals surface area contributed by atoms with E-state index in [1.807, 2.05) is 20.8 Å². The quantitative estimate of drug-likeness (QED) is 0.672. The number of hydrogen-bond acceptors (Lipinski definition) is 5. The van der Waals surface area contributed by atoms with Gasteiger partial charge in [0, 0.05) is 43.2 Å². The zero-order chi connectivity index (χ0) is 22.2. The molecule has 1 N–H and O–H groups in total. The Hall–Kier alpha value is -1.83. The number of likely N-dealkylation sites (tertiary alicyclic amines) is 1. The molecule has 4 rings (SSSR count). The van der Waals surface area contributed by atoms with E-state index in [9.17, 15) is 9.59 Å². The lowest BCUT2D eigenvalue weighted by Crippen LogP contribution is -2.53. The molecule has 3 amide bonds. The van der Waals surface area contributed by atoms with Gasteiger partial charge in [-0.2, -0.15) is 0 Å². The Morgan fingerprint density at radius 1 is 1.23 bits per heavy atom. The number of imide groups is 1. The van der Waals surface area contributed by atoms with Crippen LogP contribution in [0, 0.1) is 0 Å². The fourth-order valence-corrected chi connectivity index (χ4v) is 5.28. The van der Waals surface area contributed by atoms with Crippen molar-refractivity contribution in [2.24, 2.45) is 0 Å². The molecule has 0 aromatic heterocycles. The van der Waals surface area contributed by atoms with Gasteiger partial charge in [-0.3, -0.25) is 9.69 Å². The number of urea groups is 1. The summed E-state index contributed by atoms with van der Waals surface area (Å²) in [7, 11) is 0. The van der Waals surface area contributed by atoms with Crippen molar-refractivity contribution in [1.82, 2.24) is 15.1 Å². The molecule has 2 saturated heterocycles. The number of hydrogen-bond donors (Lipinski definition) is 1. The molecule has 1 spiro atoms. The summed E-state index contributed by atoms with van der Waals surface area (Å²) in [5, 5.41) is 3.50. The van der Waals surface area contributed by atoms with Crippen LogP contribution in [0.25, 0.3) is 0 Å². The van der Waals surface area contributed by atoms with Gasteiger partial charge < -0.3 is 19.7 Å². The third-order valence-electron chi connectivity index (χ3n) is 6.45. The zero-order valence-electron chi connectivity index (χ0n) is 18.6. The first-order valence-corrected chi connectivity index (χ1v) is 11.6. The second kappa shape index (κ2) is 8.60. The number of ether oxygens (including phenoxy) is 2. The van der Waals surface area contributed by atoms with E-state index >= 15 is 0 Å². The number of carbonyl (C=O) groups is 2. The summed E-state index contributed by atoms with van der Waals surface area (Å²) in [6.45, 7) is 9.89. The summed E-state index contributed by atoms with van der Waals surface area (Å²) in [5.41, 5.74) is -1.09. The summed E-state index contributed by atoms with van der Waals surface area (Å²) in [5.74, 6) is 0.376. The van der Waals surface area contributed by atoms with Gasteiger partial charge >= 0.3 is 6.03 Å². The van der Waals surface area contributed by atoms with Crippen molar-refractivity contribution < 1.29 is 19.1 Å². The van der Waals surface area contributed by atoms with E-state index < -0.39 is 11.1 Å². The fraction of sp³-hybridized carbons (Fsp3) is 0.652. The van der Waals surface area contributed by atoms with Gasteiger partial charge in [0.1, 0.15) is 11.4 Å². The lowest BCUT2D eigenvalue weighted by Gasteiger charge is -2.42. The molecule has 0 saturated carbocycles. The van der Waals surface area contributed by atoms with Gasteiger partial charge in [0.25, 0.3) is 5.91 Å². The van der Waals surface area contributed by atoms with Crippen LogP contribution in [0.5, 0.6) is 5.75 Å². The van der Waals surface area contributed by atoms with Gasteiger partial charge in [-0.1, -0.05) is 11.6 Å². The molecule has 8 heteroatoms. The average molecular weight is 450 g/mol. The second-order valence-corrected chi connectivity index (χ2v) is 9.76. The molecule has 3 aliphatic rings. The van der Waals surface area contributed by atoms with E-state index in [-0.39, 0.29) is 11.9 Å². The molecule has 0 bridgehead atoms. The molecule has 3 heterocycles. The molecule has 170 valence electrons. The van der Waals surface area contributed by atoms with Gasteiger partial charge in [0.05, 0.1) is 6.10 Å². The first-order valence-electron chi connectivity index (χ1n) is 11.2. The molecule has 0 radical (unpaired) electrons. The van der Waals surface area contributed by atoms with Crippen LogP contribution >= 0.6 is 11.6 Å². The van der Waals surface area contributed by atoms with Crippen LogP contribution < -0.4 is 10.1 Å². The van der Waals surface area contributed by atoms with E-state index in [0.717, 1.165) is 45.5 Å². The van der Waals surface area contributed by atoms with Gasteiger partial charge in [0.2, 0.25) is 0 Å². The van der Waals surface area contributed by atoms with Crippen LogP contribution in [0.3, 0.4) is 0 Å². The number of nitrogens with one attached hydrogen (secondary N) is 1. The highest BCUT2D eigenvalue weighted by Gasteiger charge is 2.58. The lowest BCUT2D eigenvalue weighted by atomic mass is 9.77. The topological polar surface area (TPSA) is 71.1 Å². The first kappa shape index (κ1) is 22.4. The first-order chi connectivity index (χ1) is 14.7. The smallest absolute Gasteiger partial charge is 0.325 e. The largest absolute Gasteiger partial charge is 0.487 e. The molecule has 3 aliphatic heterocycles. The number of fused-ring (bicyclic) bond motifs is 2. The fourth-order valence-electron chi connectivity index (χ4n) is 5.11. The van der Waals surface area contributed by atoms with Gasteiger partial charge in [-0.25, -0.2) is 4.79 Å². The van der Waals surface area contributed by atoms with Crippen molar-refractivity contribution in [3.63, 3.8) is 0 Å². The molecule has 0 aliphatic carbocycles. The standard InChI is InChI=1S/C23H32ClN3O4/c1-4-30-17-8-12-26(13-9-17)10-5-11-27-20(28)23(25-21(27)29)15-22(2,3)31-19-7-6-16(24)14-18(19)23/h6-7,14,17H,4-5,8-13,15H2,1-3H3,(H,25,29). The number of rotatable bonds is 6. The zero-order valence-corrected chi connectivity index (χ0v) is 19.3. The van der Waals surface area contributed by atoms with Crippen LogP contribution in [-0.4, -0.2) is 66.2 Å². The van der Waals surface area contributed by atoms with Gasteiger partial charge in [0.15, 0.2) is 5.54 Å². The molecule has 2 fully saturated rings. The molecule has 1 unspecified atom stereocenters.